The molecule has 1 aliphatic rings. The quantitative estimate of drug-likeness (QED) is 0.221. The van der Waals surface area contributed by atoms with Gasteiger partial charge in [0.25, 0.3) is 5.91 Å². The number of ether oxygens (including phenoxy) is 1. The molecule has 214 valence electrons. The van der Waals surface area contributed by atoms with Crippen LogP contribution in [0.15, 0.2) is 54.9 Å². The molecule has 7 nitrogen and oxygen atoms in total. The van der Waals surface area contributed by atoms with Gasteiger partial charge in [-0.2, -0.15) is 0 Å². The maximum atomic E-state index is 14.6. The Kier molecular flexibility index (Phi) is 8.70. The lowest BCUT2D eigenvalue weighted by Crippen LogP contribution is -2.43. The number of carboxylic acid groups (broad SMARTS) is 1. The fraction of sp³-hybridized carbons (Fsp3) is 0.300. The van der Waals surface area contributed by atoms with Gasteiger partial charge in [-0.05, 0) is 90.8 Å². The Morgan fingerprint density at radius 1 is 1.07 bits per heavy atom. The van der Waals surface area contributed by atoms with E-state index < -0.39 is 23.6 Å². The maximum Gasteiger partial charge on any atom is 0.404 e. The molecule has 1 saturated carbocycles. The van der Waals surface area contributed by atoms with Gasteiger partial charge in [0.15, 0.2) is 0 Å². The number of hydrogen-bond acceptors (Lipinski definition) is 5. The maximum absolute atomic E-state index is 14.6. The van der Waals surface area contributed by atoms with E-state index in [1.54, 1.807) is 24.4 Å². The largest absolute Gasteiger partial charge is 0.497 e. The van der Waals surface area contributed by atoms with Crippen molar-refractivity contribution in [1.29, 1.82) is 0 Å². The Bertz CT molecular complexity index is 1580. The van der Waals surface area contributed by atoms with Crippen molar-refractivity contribution in [3.63, 3.8) is 0 Å². The van der Waals surface area contributed by atoms with E-state index in [4.69, 9.17) is 21.4 Å². The van der Waals surface area contributed by atoms with Crippen molar-refractivity contribution < 1.29 is 28.2 Å². The van der Waals surface area contributed by atoms with Crippen LogP contribution in [0.3, 0.4) is 0 Å². The van der Waals surface area contributed by atoms with Crippen molar-refractivity contribution in [2.24, 2.45) is 5.92 Å². The third-order valence-corrected chi connectivity index (χ3v) is 9.18. The molecule has 0 radical (unpaired) electrons. The molecule has 41 heavy (non-hydrogen) atoms. The normalized spacial score (nSPS) is 16.9. The zero-order chi connectivity index (χ0) is 29.1. The highest BCUT2D eigenvalue weighted by molar-refractivity contribution is 7.21. The van der Waals surface area contributed by atoms with Gasteiger partial charge in [-0.3, -0.25) is 9.78 Å². The Morgan fingerprint density at radius 3 is 2.44 bits per heavy atom. The highest BCUT2D eigenvalue weighted by Gasteiger charge is 2.33. The first-order valence-electron chi connectivity index (χ1n) is 13.2. The van der Waals surface area contributed by atoms with E-state index >= 15 is 0 Å². The van der Waals surface area contributed by atoms with Crippen molar-refractivity contribution in [1.82, 2.24) is 15.2 Å². The van der Waals surface area contributed by atoms with E-state index in [0.29, 0.717) is 25.1 Å². The SMILES string of the molecule is COc1cc(CN(C(=O)c2sc3c(F)ccc(F)c3c2Cl)C2CCC(CNC(=O)O)CC2)cc(-c2ccncc2)c1. The van der Waals surface area contributed by atoms with Crippen LogP contribution >= 0.6 is 22.9 Å². The van der Waals surface area contributed by atoms with Crippen LogP contribution in [0, 0.1) is 17.6 Å². The van der Waals surface area contributed by atoms with E-state index in [1.165, 1.54) is 0 Å². The highest BCUT2D eigenvalue weighted by atomic mass is 35.5. The summed E-state index contributed by atoms with van der Waals surface area (Å²) in [5.74, 6) is -0.954. The van der Waals surface area contributed by atoms with Gasteiger partial charge >= 0.3 is 6.09 Å². The number of nitrogens with zero attached hydrogens (tertiary/aromatic N) is 2. The number of nitrogens with one attached hydrogen (secondary N) is 1. The molecule has 2 amide bonds. The second-order valence-electron chi connectivity index (χ2n) is 10.1. The predicted octanol–water partition coefficient (Wildman–Crippen LogP) is 7.37. The summed E-state index contributed by atoms with van der Waals surface area (Å²) in [5.41, 5.74) is 2.64. The summed E-state index contributed by atoms with van der Waals surface area (Å²) < 4.78 is 34.8. The Labute approximate surface area is 244 Å². The number of amides is 2. The second-order valence-corrected chi connectivity index (χ2v) is 11.5. The molecule has 0 aliphatic heterocycles. The van der Waals surface area contributed by atoms with Crippen molar-refractivity contribution in [2.45, 2.75) is 38.3 Å². The minimum absolute atomic E-state index is 0.00288. The number of rotatable bonds is 8. The van der Waals surface area contributed by atoms with Crippen molar-refractivity contribution in [3.8, 4) is 16.9 Å². The summed E-state index contributed by atoms with van der Waals surface area (Å²) in [5, 5.41) is 11.2. The van der Waals surface area contributed by atoms with Crippen LogP contribution in [0.25, 0.3) is 21.2 Å². The summed E-state index contributed by atoms with van der Waals surface area (Å²) >= 11 is 7.38. The summed E-state index contributed by atoms with van der Waals surface area (Å²) in [6, 6.07) is 11.4. The summed E-state index contributed by atoms with van der Waals surface area (Å²) in [6.07, 6.45) is 5.06. The van der Waals surface area contributed by atoms with E-state index in [-0.39, 0.29) is 38.5 Å². The van der Waals surface area contributed by atoms with Crippen LogP contribution in [0.1, 0.15) is 40.9 Å². The van der Waals surface area contributed by atoms with Crippen LogP contribution in [0.4, 0.5) is 13.6 Å². The third-order valence-electron chi connectivity index (χ3n) is 7.50. The molecule has 0 bridgehead atoms. The van der Waals surface area contributed by atoms with Crippen LogP contribution in [0.5, 0.6) is 5.75 Å². The molecule has 1 fully saturated rings. The second kappa shape index (κ2) is 12.4. The first-order chi connectivity index (χ1) is 19.7. The number of carbonyl (C=O) groups excluding carboxylic acids is 1. The molecule has 5 rings (SSSR count). The van der Waals surface area contributed by atoms with Crippen molar-refractivity contribution in [2.75, 3.05) is 13.7 Å². The molecular weight excluding hydrogens is 572 g/mol. The van der Waals surface area contributed by atoms with Crippen LogP contribution in [0.2, 0.25) is 5.02 Å². The highest BCUT2D eigenvalue weighted by Crippen LogP contribution is 2.40. The molecular formula is C30H28ClF2N3O4S. The molecule has 2 N–H and O–H groups in total. The van der Waals surface area contributed by atoms with Gasteiger partial charge in [0, 0.05) is 31.5 Å². The van der Waals surface area contributed by atoms with Gasteiger partial charge in [0.2, 0.25) is 0 Å². The lowest BCUT2D eigenvalue weighted by molar-refractivity contribution is 0.0594. The summed E-state index contributed by atoms with van der Waals surface area (Å²) in [4.78, 5) is 31.0. The summed E-state index contributed by atoms with van der Waals surface area (Å²) in [6.45, 7) is 0.564. The molecule has 2 aromatic carbocycles. The van der Waals surface area contributed by atoms with E-state index in [9.17, 15) is 18.4 Å². The van der Waals surface area contributed by atoms with Gasteiger partial charge in [-0.25, -0.2) is 13.6 Å². The van der Waals surface area contributed by atoms with Gasteiger partial charge in [-0.15, -0.1) is 11.3 Å². The van der Waals surface area contributed by atoms with E-state index in [0.717, 1.165) is 53.0 Å². The Hall–Kier alpha value is -3.76. The van der Waals surface area contributed by atoms with Crippen LogP contribution < -0.4 is 10.1 Å². The van der Waals surface area contributed by atoms with E-state index in [1.807, 2.05) is 30.3 Å². The lowest BCUT2D eigenvalue weighted by atomic mass is 9.85. The monoisotopic (exact) mass is 599 g/mol. The number of hydrogen-bond donors (Lipinski definition) is 2. The fourth-order valence-corrected chi connectivity index (χ4v) is 6.91. The minimum atomic E-state index is -1.06. The standard InChI is InChI=1S/C30H28ClF2N3O4S/c1-40-22-13-18(12-20(14-22)19-8-10-34-11-9-19)16-36(21-4-2-17(3-5-21)15-35-30(38)39)29(37)28-26(31)25-23(32)6-7-24(33)27(25)41-28/h6-14,17,21,35H,2-5,15-16H2,1H3,(H,38,39). The van der Waals surface area contributed by atoms with Crippen molar-refractivity contribution >= 4 is 45.0 Å². The van der Waals surface area contributed by atoms with Gasteiger partial charge in [0.05, 0.1) is 22.2 Å². The minimum Gasteiger partial charge on any atom is -0.497 e. The number of benzene rings is 2. The number of fused-ring (bicyclic) bond motifs is 1. The van der Waals surface area contributed by atoms with E-state index in [2.05, 4.69) is 10.3 Å². The van der Waals surface area contributed by atoms with Gasteiger partial charge < -0.3 is 20.1 Å². The number of methoxy groups -OCH3 is 1. The number of pyridine rings is 1. The number of halogens is 3. The smallest absolute Gasteiger partial charge is 0.404 e. The Balaban J connectivity index is 1.50. The average Bonchev–Trinajstić information content (AvgIpc) is 3.35. The van der Waals surface area contributed by atoms with Gasteiger partial charge in [-0.1, -0.05) is 11.6 Å². The average molecular weight is 600 g/mol. The Morgan fingerprint density at radius 2 is 1.78 bits per heavy atom. The third kappa shape index (κ3) is 6.28. The molecule has 4 aromatic rings. The molecule has 0 atom stereocenters. The predicted molar refractivity (Wildman–Crippen MR) is 155 cm³/mol. The lowest BCUT2D eigenvalue weighted by Gasteiger charge is -2.37. The molecule has 0 spiro atoms. The summed E-state index contributed by atoms with van der Waals surface area (Å²) in [7, 11) is 1.57. The van der Waals surface area contributed by atoms with Crippen LogP contribution in [-0.2, 0) is 6.54 Å². The molecule has 0 saturated heterocycles. The molecule has 0 unspecified atom stereocenters. The molecule has 1 aliphatic carbocycles. The fourth-order valence-electron chi connectivity index (χ4n) is 5.40. The van der Waals surface area contributed by atoms with Crippen LogP contribution in [-0.4, -0.2) is 46.7 Å². The first kappa shape index (κ1) is 28.8. The zero-order valence-electron chi connectivity index (χ0n) is 22.2. The van der Waals surface area contributed by atoms with Crippen molar-refractivity contribution in [3.05, 3.63) is 82.0 Å². The number of thiophene rings is 1. The number of carbonyl (C=O) groups is 2. The topological polar surface area (TPSA) is 91.8 Å². The molecule has 11 heteroatoms. The van der Waals surface area contributed by atoms with Gasteiger partial charge in [0.1, 0.15) is 22.3 Å². The number of aromatic nitrogens is 1. The molecule has 2 aromatic heterocycles. The first-order valence-corrected chi connectivity index (χ1v) is 14.4. The zero-order valence-corrected chi connectivity index (χ0v) is 23.8. The molecule has 2 heterocycles.